The van der Waals surface area contributed by atoms with Crippen LogP contribution in [0.25, 0.3) is 0 Å². The minimum atomic E-state index is -3.86. The monoisotopic (exact) mass is 509 g/mol. The van der Waals surface area contributed by atoms with E-state index in [0.717, 1.165) is 21.7 Å². The predicted molar refractivity (Wildman–Crippen MR) is 140 cm³/mol. The number of rotatable bonds is 11. The Hall–Kier alpha value is -3.85. The third-order valence-electron chi connectivity index (χ3n) is 5.75. The molecule has 0 radical (unpaired) electrons. The van der Waals surface area contributed by atoms with Gasteiger partial charge in [-0.05, 0) is 23.3 Å². The summed E-state index contributed by atoms with van der Waals surface area (Å²) in [7, 11) is -0.905. The molecule has 0 bridgehead atoms. The van der Waals surface area contributed by atoms with Crippen LogP contribution in [0.4, 0.5) is 5.69 Å². The van der Waals surface area contributed by atoms with Gasteiger partial charge in [0, 0.05) is 20.0 Å². The molecule has 1 N–H and O–H groups in total. The molecule has 8 nitrogen and oxygen atoms in total. The van der Waals surface area contributed by atoms with E-state index in [1.165, 1.54) is 19.1 Å². The van der Waals surface area contributed by atoms with Crippen LogP contribution in [0.5, 0.6) is 5.75 Å². The summed E-state index contributed by atoms with van der Waals surface area (Å²) >= 11 is 0. The topological polar surface area (TPSA) is 96.0 Å². The molecule has 2 amide bonds. The number of carbonyl (C=O) groups is 2. The fourth-order valence-electron chi connectivity index (χ4n) is 3.93. The summed E-state index contributed by atoms with van der Waals surface area (Å²) in [5.74, 6) is -0.538. The van der Waals surface area contributed by atoms with Crippen LogP contribution in [0, 0.1) is 0 Å². The van der Waals surface area contributed by atoms with E-state index in [0.29, 0.717) is 5.75 Å². The Bertz CT molecular complexity index is 1270. The lowest BCUT2D eigenvalue weighted by Crippen LogP contribution is -2.52. The fraction of sp³-hybridized carbons (Fsp3) is 0.259. The van der Waals surface area contributed by atoms with Gasteiger partial charge >= 0.3 is 0 Å². The summed E-state index contributed by atoms with van der Waals surface area (Å²) < 4.78 is 31.9. The number of methoxy groups -OCH3 is 1. The molecule has 0 aliphatic carbocycles. The number of ether oxygens (including phenoxy) is 1. The van der Waals surface area contributed by atoms with Crippen LogP contribution in [-0.4, -0.2) is 58.1 Å². The number of nitrogens with one attached hydrogen (secondary N) is 1. The van der Waals surface area contributed by atoms with Gasteiger partial charge < -0.3 is 15.0 Å². The van der Waals surface area contributed by atoms with E-state index in [4.69, 9.17) is 4.74 Å². The van der Waals surface area contributed by atoms with Crippen molar-refractivity contribution in [3.05, 3.63) is 96.1 Å². The van der Waals surface area contributed by atoms with Gasteiger partial charge in [0.05, 0.1) is 19.1 Å². The largest absolute Gasteiger partial charge is 0.495 e. The molecule has 1 atom stereocenters. The van der Waals surface area contributed by atoms with E-state index in [1.54, 1.807) is 24.3 Å². The van der Waals surface area contributed by atoms with Crippen molar-refractivity contribution in [3.63, 3.8) is 0 Å². The fourth-order valence-corrected chi connectivity index (χ4v) is 4.78. The third-order valence-corrected chi connectivity index (χ3v) is 6.87. The molecule has 0 aromatic heterocycles. The Balaban J connectivity index is 2.03. The zero-order valence-corrected chi connectivity index (χ0v) is 21.4. The second-order valence-electron chi connectivity index (χ2n) is 8.27. The molecule has 0 spiro atoms. The van der Waals surface area contributed by atoms with Crippen molar-refractivity contribution >= 4 is 27.5 Å². The predicted octanol–water partition coefficient (Wildman–Crippen LogP) is 2.85. The first-order valence-corrected chi connectivity index (χ1v) is 13.3. The molecule has 9 heteroatoms. The number of hydrogen-bond donors (Lipinski definition) is 1. The van der Waals surface area contributed by atoms with Gasteiger partial charge in [0.25, 0.3) is 0 Å². The van der Waals surface area contributed by atoms with Crippen molar-refractivity contribution in [2.45, 2.75) is 19.0 Å². The third kappa shape index (κ3) is 6.85. The number of likely N-dealkylation sites (N-methyl/N-ethyl adjacent to an activating group) is 1. The molecule has 36 heavy (non-hydrogen) atoms. The molecule has 0 saturated carbocycles. The first kappa shape index (κ1) is 26.7. The molecule has 0 heterocycles. The van der Waals surface area contributed by atoms with Crippen LogP contribution >= 0.6 is 0 Å². The Morgan fingerprint density at radius 3 is 2.00 bits per heavy atom. The number of para-hydroxylation sites is 2. The van der Waals surface area contributed by atoms with Crippen LogP contribution in [-0.2, 0) is 32.6 Å². The Labute approximate surface area is 212 Å². The number of sulfonamides is 1. The molecular weight excluding hydrogens is 478 g/mol. The zero-order chi connectivity index (χ0) is 26.1. The molecule has 0 aliphatic heterocycles. The highest BCUT2D eigenvalue weighted by molar-refractivity contribution is 7.92. The van der Waals surface area contributed by atoms with Crippen molar-refractivity contribution in [2.75, 3.05) is 31.3 Å². The Kier molecular flexibility index (Phi) is 9.08. The van der Waals surface area contributed by atoms with Gasteiger partial charge in [0.15, 0.2) is 0 Å². The molecule has 0 fully saturated rings. The van der Waals surface area contributed by atoms with Crippen molar-refractivity contribution in [1.29, 1.82) is 0 Å². The van der Waals surface area contributed by atoms with E-state index < -0.39 is 28.5 Å². The quantitative estimate of drug-likeness (QED) is 0.429. The number of amides is 2. The SMILES string of the molecule is CNC(=O)[C@H](Cc1ccccc1)N(Cc1ccccc1)C(=O)CN(c1ccccc1OC)S(C)(=O)=O. The van der Waals surface area contributed by atoms with E-state index >= 15 is 0 Å². The number of nitrogens with zero attached hydrogens (tertiary/aromatic N) is 2. The maximum atomic E-state index is 13.8. The molecule has 3 aromatic rings. The second-order valence-corrected chi connectivity index (χ2v) is 10.2. The van der Waals surface area contributed by atoms with Crippen molar-refractivity contribution in [3.8, 4) is 5.75 Å². The highest BCUT2D eigenvalue weighted by Crippen LogP contribution is 2.29. The van der Waals surface area contributed by atoms with Crippen LogP contribution in [0.1, 0.15) is 11.1 Å². The summed E-state index contributed by atoms with van der Waals surface area (Å²) in [5.41, 5.74) is 1.94. The lowest BCUT2D eigenvalue weighted by Gasteiger charge is -2.33. The maximum absolute atomic E-state index is 13.8. The van der Waals surface area contributed by atoms with Crippen LogP contribution in [0.3, 0.4) is 0 Å². The van der Waals surface area contributed by atoms with Gasteiger partial charge in [-0.2, -0.15) is 0 Å². The number of hydrogen-bond acceptors (Lipinski definition) is 5. The van der Waals surface area contributed by atoms with Gasteiger partial charge in [-0.25, -0.2) is 8.42 Å². The van der Waals surface area contributed by atoms with E-state index in [1.807, 2.05) is 60.7 Å². The van der Waals surface area contributed by atoms with Gasteiger partial charge in [-0.3, -0.25) is 13.9 Å². The summed E-state index contributed by atoms with van der Waals surface area (Å²) in [6.45, 7) is -0.359. The number of carbonyl (C=O) groups excluding carboxylic acids is 2. The van der Waals surface area contributed by atoms with Crippen LogP contribution < -0.4 is 14.4 Å². The molecule has 0 aliphatic rings. The standard InChI is InChI=1S/C27H31N3O5S/c1-28-27(32)24(18-21-12-6-4-7-13-21)29(19-22-14-8-5-9-15-22)26(31)20-30(36(3,33)34)23-16-10-11-17-25(23)35-2/h4-17,24H,18-20H2,1-3H3,(H,28,32)/t24-/m0/s1. The van der Waals surface area contributed by atoms with Crippen LogP contribution in [0.15, 0.2) is 84.9 Å². The maximum Gasteiger partial charge on any atom is 0.244 e. The first-order chi connectivity index (χ1) is 17.2. The summed E-state index contributed by atoms with van der Waals surface area (Å²) in [6, 6.07) is 24.4. The van der Waals surface area contributed by atoms with E-state index in [-0.39, 0.29) is 24.6 Å². The van der Waals surface area contributed by atoms with Gasteiger partial charge in [-0.1, -0.05) is 72.8 Å². The smallest absolute Gasteiger partial charge is 0.244 e. The molecule has 190 valence electrons. The number of benzene rings is 3. The van der Waals surface area contributed by atoms with Crippen LogP contribution in [0.2, 0.25) is 0 Å². The normalized spacial score (nSPS) is 11.9. The van der Waals surface area contributed by atoms with E-state index in [2.05, 4.69) is 5.32 Å². The first-order valence-electron chi connectivity index (χ1n) is 11.4. The van der Waals surface area contributed by atoms with E-state index in [9.17, 15) is 18.0 Å². The lowest BCUT2D eigenvalue weighted by atomic mass is 10.0. The summed E-state index contributed by atoms with van der Waals surface area (Å²) in [5, 5.41) is 2.66. The van der Waals surface area contributed by atoms with Gasteiger partial charge in [0.1, 0.15) is 18.3 Å². The number of anilines is 1. The Morgan fingerprint density at radius 1 is 0.889 bits per heavy atom. The lowest BCUT2D eigenvalue weighted by molar-refractivity contribution is -0.139. The molecule has 0 unspecified atom stereocenters. The molecule has 3 rings (SSSR count). The minimum Gasteiger partial charge on any atom is -0.495 e. The van der Waals surface area contributed by atoms with Crippen molar-refractivity contribution in [2.24, 2.45) is 0 Å². The van der Waals surface area contributed by atoms with Crippen molar-refractivity contribution < 1.29 is 22.7 Å². The minimum absolute atomic E-state index is 0.133. The van der Waals surface area contributed by atoms with Gasteiger partial charge in [0.2, 0.25) is 21.8 Å². The highest BCUT2D eigenvalue weighted by Gasteiger charge is 2.33. The molecular formula is C27H31N3O5S. The summed E-state index contributed by atoms with van der Waals surface area (Å²) in [4.78, 5) is 28.3. The molecule has 0 saturated heterocycles. The van der Waals surface area contributed by atoms with Crippen molar-refractivity contribution in [1.82, 2.24) is 10.2 Å². The highest BCUT2D eigenvalue weighted by atomic mass is 32.2. The summed E-state index contributed by atoms with van der Waals surface area (Å²) in [6.07, 6.45) is 1.31. The Morgan fingerprint density at radius 2 is 1.44 bits per heavy atom. The average Bonchev–Trinajstić information content (AvgIpc) is 2.89. The van der Waals surface area contributed by atoms with Gasteiger partial charge in [-0.15, -0.1) is 0 Å². The second kappa shape index (κ2) is 12.2. The molecule has 3 aromatic carbocycles. The zero-order valence-electron chi connectivity index (χ0n) is 20.6. The average molecular weight is 510 g/mol.